The molecule has 0 unspecified atom stereocenters. The molecule has 0 N–H and O–H groups in total. The quantitative estimate of drug-likeness (QED) is 0.340. The van der Waals surface area contributed by atoms with Crippen LogP contribution in [0.1, 0.15) is 0 Å². The molecule has 1 heterocycles. The normalized spacial score (nSPS) is 9.14. The summed E-state index contributed by atoms with van der Waals surface area (Å²) in [5, 5.41) is 3.63. The lowest BCUT2D eigenvalue weighted by Crippen LogP contribution is -2.11. The van der Waals surface area contributed by atoms with E-state index in [-0.39, 0.29) is 0 Å². The van der Waals surface area contributed by atoms with E-state index in [1.54, 1.807) is 0 Å². The van der Waals surface area contributed by atoms with E-state index in [4.69, 9.17) is 4.52 Å². The highest BCUT2D eigenvalue weighted by molar-refractivity contribution is 6.32. The Morgan fingerprint density at radius 2 is 2.14 bits per heavy atom. The summed E-state index contributed by atoms with van der Waals surface area (Å²) in [5.41, 5.74) is 0. The maximum Gasteiger partial charge on any atom is 0.355 e. The molecule has 0 saturated carbocycles. The van der Waals surface area contributed by atoms with Gasteiger partial charge in [0, 0.05) is 0 Å². The summed E-state index contributed by atoms with van der Waals surface area (Å²) < 4.78 is 6.36. The van der Waals surface area contributed by atoms with Crippen molar-refractivity contribution in [3.8, 4) is 0 Å². The first kappa shape index (κ1) is 5.34. The van der Waals surface area contributed by atoms with Gasteiger partial charge in [-0.25, -0.2) is 4.98 Å². The summed E-state index contributed by atoms with van der Waals surface area (Å²) in [5.74, 6) is 0. The van der Waals surface area contributed by atoms with E-state index in [9.17, 15) is 0 Å². The van der Waals surface area contributed by atoms with Gasteiger partial charge in [0.15, 0.2) is 0 Å². The standard InChI is InChI=1S/C2N2O.2Al.4H/c1-3-2-5-4-1;;;;;;. The molecule has 34 valence electrons. The van der Waals surface area contributed by atoms with E-state index >= 15 is 0 Å². The van der Waals surface area contributed by atoms with Gasteiger partial charge in [-0.2, -0.15) is 0 Å². The number of rotatable bonds is 0. The van der Waals surface area contributed by atoms with Crippen molar-refractivity contribution in [2.24, 2.45) is 0 Å². The van der Waals surface area contributed by atoms with Crippen LogP contribution in [0.5, 0.6) is 0 Å². The molecule has 0 spiro atoms. The van der Waals surface area contributed by atoms with E-state index in [1.807, 2.05) is 0 Å². The lowest BCUT2D eigenvalue weighted by Gasteiger charge is -1.65. The van der Waals surface area contributed by atoms with E-state index in [0.717, 1.165) is 42.0 Å². The summed E-state index contributed by atoms with van der Waals surface area (Å²) in [6, 6.07) is 0. The van der Waals surface area contributed by atoms with Crippen LogP contribution in [0, 0.1) is 0 Å². The first-order valence-corrected chi connectivity index (χ1v) is 4.06. The first-order chi connectivity index (χ1) is 3.29. The summed E-state index contributed by atoms with van der Waals surface area (Å²) >= 11 is 1.78. The Balaban J connectivity index is 3.04. The summed E-state index contributed by atoms with van der Waals surface area (Å²) in [7, 11) is 0. The molecule has 3 nitrogen and oxygen atoms in total. The molecule has 0 saturated heterocycles. The van der Waals surface area contributed by atoms with Crippen molar-refractivity contribution in [3.05, 3.63) is 0 Å². The number of nitrogens with zero attached hydrogens (tertiary/aromatic N) is 2. The third-order valence-corrected chi connectivity index (χ3v) is 1.44. The van der Waals surface area contributed by atoms with Gasteiger partial charge in [0.05, 0.1) is 4.69 Å². The zero-order valence-electron chi connectivity index (χ0n) is 4.30. The average molecular weight is 126 g/mol. The maximum absolute atomic E-state index is 4.70. The molecule has 0 aromatic carbocycles. The van der Waals surface area contributed by atoms with Crippen LogP contribution in [0.15, 0.2) is 4.52 Å². The minimum Gasteiger partial charge on any atom is -0.363 e. The maximum atomic E-state index is 4.70. The lowest BCUT2D eigenvalue weighted by atomic mass is 11.3. The molecule has 0 fully saturated rings. The molecular formula is C2H4Al2N2O. The van der Waals surface area contributed by atoms with Crippen molar-refractivity contribution in [3.63, 3.8) is 0 Å². The van der Waals surface area contributed by atoms with Gasteiger partial charge in [-0.05, 0) is 0 Å². The molecule has 0 bridgehead atoms. The monoisotopic (exact) mass is 126 g/mol. The van der Waals surface area contributed by atoms with Crippen molar-refractivity contribution in [1.29, 1.82) is 0 Å². The second-order valence-corrected chi connectivity index (χ2v) is 3.11. The number of hydrogen-bond acceptors (Lipinski definition) is 3. The van der Waals surface area contributed by atoms with E-state index < -0.39 is 0 Å². The van der Waals surface area contributed by atoms with Crippen LogP contribution in [-0.4, -0.2) is 42.7 Å². The second kappa shape index (κ2) is 1.98. The summed E-state index contributed by atoms with van der Waals surface area (Å²) in [6.07, 6.45) is 0. The predicted octanol–water partition coefficient (Wildman–Crippen LogP) is -3.41. The van der Waals surface area contributed by atoms with E-state index in [2.05, 4.69) is 10.1 Å². The molecule has 0 atom stereocenters. The topological polar surface area (TPSA) is 38.9 Å². The van der Waals surface area contributed by atoms with Crippen LogP contribution in [0.3, 0.4) is 0 Å². The van der Waals surface area contributed by atoms with Crippen molar-refractivity contribution in [2.45, 2.75) is 0 Å². The van der Waals surface area contributed by atoms with Gasteiger partial charge < -0.3 is 4.52 Å². The van der Waals surface area contributed by atoms with Gasteiger partial charge in [-0.15, -0.1) is 0 Å². The predicted molar refractivity (Wildman–Crippen MR) is 30.7 cm³/mol. The van der Waals surface area contributed by atoms with Gasteiger partial charge in [-0.1, -0.05) is 5.16 Å². The Labute approximate surface area is 56.9 Å². The average Bonchev–Trinajstić information content (AvgIpc) is 1.87. The zero-order valence-corrected chi connectivity index (χ0v) is 8.30. The molecule has 1 rings (SSSR count). The molecule has 7 heavy (non-hydrogen) atoms. The Hall–Kier alpha value is 0.205. The van der Waals surface area contributed by atoms with Crippen LogP contribution < -0.4 is 9.44 Å². The molecule has 1 aromatic heterocycles. The zero-order chi connectivity index (χ0) is 5.28. The molecular weight excluding hydrogens is 122 g/mol. The van der Waals surface area contributed by atoms with Crippen LogP contribution in [0.4, 0.5) is 0 Å². The van der Waals surface area contributed by atoms with Gasteiger partial charge in [0.2, 0.25) is 0 Å². The fraction of sp³-hybridized carbons (Fsp3) is 0. The lowest BCUT2D eigenvalue weighted by molar-refractivity contribution is 0.450. The largest absolute Gasteiger partial charge is 0.363 e. The molecule has 0 amide bonds. The molecule has 0 aliphatic carbocycles. The highest BCUT2D eigenvalue weighted by Crippen LogP contribution is 1.55. The Morgan fingerprint density at radius 3 is 2.29 bits per heavy atom. The smallest absolute Gasteiger partial charge is 0.355 e. The SMILES string of the molecule is [AlH2][c]1no[c]([AlH2])n1. The molecule has 0 aliphatic heterocycles. The van der Waals surface area contributed by atoms with Gasteiger partial charge in [-0.3, -0.25) is 0 Å². The van der Waals surface area contributed by atoms with Crippen LogP contribution >= 0.6 is 0 Å². The molecule has 0 aliphatic rings. The molecule has 0 radical (unpaired) electrons. The Bertz CT molecular complexity index is 146. The third-order valence-electron chi connectivity index (χ3n) is 0.629. The van der Waals surface area contributed by atoms with E-state index in [0.29, 0.717) is 0 Å². The van der Waals surface area contributed by atoms with Gasteiger partial charge in [0.1, 0.15) is 4.75 Å². The highest BCUT2D eigenvalue weighted by Gasteiger charge is 1.89. The fourth-order valence-electron chi connectivity index (χ4n) is 0.401. The Kier molecular flexibility index (Phi) is 1.51. The molecule has 1 aromatic rings. The van der Waals surface area contributed by atoms with Crippen molar-refractivity contribution >= 4 is 42.0 Å². The van der Waals surface area contributed by atoms with E-state index in [1.165, 1.54) is 0 Å². The van der Waals surface area contributed by atoms with Crippen LogP contribution in [0.25, 0.3) is 0 Å². The number of aromatic nitrogens is 2. The fourth-order valence-corrected chi connectivity index (χ4v) is 1.67. The van der Waals surface area contributed by atoms with Crippen molar-refractivity contribution in [2.75, 3.05) is 0 Å². The molecule has 5 heteroatoms. The third kappa shape index (κ3) is 1.29. The van der Waals surface area contributed by atoms with Crippen LogP contribution in [0.2, 0.25) is 0 Å². The highest BCUT2D eigenvalue weighted by atomic mass is 27.1. The summed E-state index contributed by atoms with van der Waals surface area (Å²) in [6.45, 7) is 0. The Morgan fingerprint density at radius 1 is 1.43 bits per heavy atom. The minimum absolute atomic E-state index is 0.796. The van der Waals surface area contributed by atoms with Gasteiger partial charge in [0.25, 0.3) is 0 Å². The minimum atomic E-state index is 0.796. The van der Waals surface area contributed by atoms with Crippen molar-refractivity contribution in [1.82, 2.24) is 10.1 Å². The first-order valence-electron chi connectivity index (χ1n) is 2.06. The van der Waals surface area contributed by atoms with Gasteiger partial charge >= 0.3 is 32.6 Å². The summed E-state index contributed by atoms with van der Waals surface area (Å²) in [4.78, 5) is 3.96. The van der Waals surface area contributed by atoms with Crippen molar-refractivity contribution < 1.29 is 4.52 Å². The van der Waals surface area contributed by atoms with Crippen LogP contribution in [-0.2, 0) is 0 Å². The number of hydrogen-bond donors (Lipinski definition) is 0. The second-order valence-electron chi connectivity index (χ2n) is 1.36.